The van der Waals surface area contributed by atoms with Crippen LogP contribution in [0.3, 0.4) is 0 Å². The first-order chi connectivity index (χ1) is 8.22. The Kier molecular flexibility index (Phi) is 2.22. The van der Waals surface area contributed by atoms with Crippen LogP contribution in [0, 0.1) is 0 Å². The highest BCUT2D eigenvalue weighted by Gasteiger charge is 2.05. The minimum Gasteiger partial charge on any atom is -0.439 e. The molecule has 3 aromatic rings. The van der Waals surface area contributed by atoms with E-state index in [0.717, 1.165) is 16.0 Å². The first kappa shape index (κ1) is 10.1. The number of hydrogen-bond donors (Lipinski definition) is 1. The molecule has 3 rings (SSSR count). The summed E-state index contributed by atoms with van der Waals surface area (Å²) in [5.41, 5.74) is 6.55. The molecule has 86 valence electrons. The Morgan fingerprint density at radius 1 is 1.35 bits per heavy atom. The summed E-state index contributed by atoms with van der Waals surface area (Å²) in [7, 11) is 1.83. The Hall–Kier alpha value is -2.08. The molecular formula is C11H10N4OS. The first-order valence-electron chi connectivity index (χ1n) is 5.04. The van der Waals surface area contributed by atoms with Crippen LogP contribution in [0.15, 0.2) is 30.5 Å². The lowest BCUT2D eigenvalue weighted by molar-refractivity contribution is 0.431. The predicted octanol–water partition coefficient (Wildman–Crippen LogP) is 2.40. The quantitative estimate of drug-likeness (QED) is 0.754. The third-order valence-electron chi connectivity index (χ3n) is 2.37. The second kappa shape index (κ2) is 3.74. The number of nitrogens with two attached hydrogens (primary N) is 1. The summed E-state index contributed by atoms with van der Waals surface area (Å²) in [6.45, 7) is 0. The highest BCUT2D eigenvalue weighted by Crippen LogP contribution is 2.29. The summed E-state index contributed by atoms with van der Waals surface area (Å²) in [5.74, 6) is 1.45. The standard InChI is InChI=1S/C11H10N4OS/c1-15-10(4-5-13-15)16-7-2-3-8-9(6-7)17-11(12)14-8/h2-6H,1H3,(H2,12,14). The Morgan fingerprint density at radius 2 is 2.24 bits per heavy atom. The molecular weight excluding hydrogens is 236 g/mol. The van der Waals surface area contributed by atoms with Gasteiger partial charge in [-0.15, -0.1) is 0 Å². The highest BCUT2D eigenvalue weighted by atomic mass is 32.1. The van der Waals surface area contributed by atoms with Gasteiger partial charge >= 0.3 is 0 Å². The van der Waals surface area contributed by atoms with Gasteiger partial charge in [0.2, 0.25) is 5.88 Å². The van der Waals surface area contributed by atoms with Gasteiger partial charge in [-0.3, -0.25) is 0 Å². The van der Waals surface area contributed by atoms with Crippen LogP contribution in [-0.2, 0) is 7.05 Å². The molecule has 17 heavy (non-hydrogen) atoms. The van der Waals surface area contributed by atoms with Crippen LogP contribution in [0.4, 0.5) is 5.13 Å². The molecule has 0 spiro atoms. The van der Waals surface area contributed by atoms with Crippen molar-refractivity contribution >= 4 is 26.7 Å². The number of benzene rings is 1. The molecule has 0 aliphatic rings. The fourth-order valence-electron chi connectivity index (χ4n) is 1.57. The second-order valence-electron chi connectivity index (χ2n) is 3.58. The Morgan fingerprint density at radius 3 is 3.00 bits per heavy atom. The summed E-state index contributed by atoms with van der Waals surface area (Å²) in [6, 6.07) is 7.50. The number of rotatable bonds is 2. The van der Waals surface area contributed by atoms with E-state index in [1.807, 2.05) is 31.3 Å². The van der Waals surface area contributed by atoms with E-state index < -0.39 is 0 Å². The van der Waals surface area contributed by atoms with Gasteiger partial charge in [0.25, 0.3) is 0 Å². The third-order valence-corrected chi connectivity index (χ3v) is 3.22. The van der Waals surface area contributed by atoms with Gasteiger partial charge in [-0.25, -0.2) is 9.67 Å². The molecule has 2 aromatic heterocycles. The monoisotopic (exact) mass is 246 g/mol. The molecule has 0 saturated carbocycles. The zero-order chi connectivity index (χ0) is 11.8. The van der Waals surface area contributed by atoms with Crippen LogP contribution in [0.5, 0.6) is 11.6 Å². The van der Waals surface area contributed by atoms with Crippen LogP contribution in [-0.4, -0.2) is 14.8 Å². The van der Waals surface area contributed by atoms with E-state index in [9.17, 15) is 0 Å². The van der Waals surface area contributed by atoms with E-state index in [4.69, 9.17) is 10.5 Å². The third kappa shape index (κ3) is 1.83. The van der Waals surface area contributed by atoms with E-state index in [1.54, 1.807) is 10.9 Å². The van der Waals surface area contributed by atoms with Crippen molar-refractivity contribution in [1.82, 2.24) is 14.8 Å². The van der Waals surface area contributed by atoms with Gasteiger partial charge in [-0.05, 0) is 12.1 Å². The van der Waals surface area contributed by atoms with E-state index in [1.165, 1.54) is 11.3 Å². The molecule has 0 amide bonds. The zero-order valence-corrected chi connectivity index (χ0v) is 9.94. The van der Waals surface area contributed by atoms with Crippen molar-refractivity contribution in [1.29, 1.82) is 0 Å². The van der Waals surface area contributed by atoms with Gasteiger partial charge in [-0.1, -0.05) is 11.3 Å². The maximum Gasteiger partial charge on any atom is 0.217 e. The molecule has 0 aliphatic heterocycles. The van der Waals surface area contributed by atoms with Crippen LogP contribution in [0.2, 0.25) is 0 Å². The van der Waals surface area contributed by atoms with Crippen molar-refractivity contribution in [2.45, 2.75) is 0 Å². The molecule has 0 atom stereocenters. The van der Waals surface area contributed by atoms with E-state index >= 15 is 0 Å². The molecule has 5 nitrogen and oxygen atoms in total. The van der Waals surface area contributed by atoms with Gasteiger partial charge in [-0.2, -0.15) is 5.10 Å². The Labute approximate surface area is 101 Å². The SMILES string of the molecule is Cn1nccc1Oc1ccc2nc(N)sc2c1. The fourth-order valence-corrected chi connectivity index (χ4v) is 2.33. The molecule has 0 unspecified atom stereocenters. The number of nitrogen functional groups attached to an aromatic ring is 1. The smallest absolute Gasteiger partial charge is 0.217 e. The number of aromatic nitrogens is 3. The average Bonchev–Trinajstić information content (AvgIpc) is 2.84. The summed E-state index contributed by atoms with van der Waals surface area (Å²) >= 11 is 1.45. The molecule has 0 bridgehead atoms. The minimum atomic E-state index is 0.567. The maximum absolute atomic E-state index is 5.71. The van der Waals surface area contributed by atoms with Gasteiger partial charge in [0.05, 0.1) is 16.4 Å². The number of nitrogens with zero attached hydrogens (tertiary/aromatic N) is 3. The predicted molar refractivity (Wildman–Crippen MR) is 67.3 cm³/mol. The summed E-state index contributed by atoms with van der Waals surface area (Å²) in [5, 5.41) is 4.61. The largest absolute Gasteiger partial charge is 0.439 e. The molecule has 0 fully saturated rings. The summed E-state index contributed by atoms with van der Waals surface area (Å²) in [4.78, 5) is 4.19. The van der Waals surface area contributed by atoms with E-state index in [2.05, 4.69) is 10.1 Å². The van der Waals surface area contributed by atoms with Crippen LogP contribution >= 0.6 is 11.3 Å². The molecule has 1 aromatic carbocycles. The van der Waals surface area contributed by atoms with Crippen molar-refractivity contribution in [3.63, 3.8) is 0 Å². The Bertz CT molecular complexity index is 673. The fraction of sp³-hybridized carbons (Fsp3) is 0.0909. The van der Waals surface area contributed by atoms with Crippen molar-refractivity contribution in [3.05, 3.63) is 30.5 Å². The number of thiazole rings is 1. The topological polar surface area (TPSA) is 66.0 Å². The molecule has 0 saturated heterocycles. The van der Waals surface area contributed by atoms with Crippen molar-refractivity contribution < 1.29 is 4.74 Å². The highest BCUT2D eigenvalue weighted by molar-refractivity contribution is 7.22. The number of ether oxygens (including phenoxy) is 1. The second-order valence-corrected chi connectivity index (χ2v) is 4.64. The Balaban J connectivity index is 1.98. The van der Waals surface area contributed by atoms with Crippen molar-refractivity contribution in [2.24, 2.45) is 7.05 Å². The summed E-state index contributed by atoms with van der Waals surface area (Å²) in [6.07, 6.45) is 1.69. The lowest BCUT2D eigenvalue weighted by Crippen LogP contribution is -1.94. The number of hydrogen-bond acceptors (Lipinski definition) is 5. The van der Waals surface area contributed by atoms with Gasteiger partial charge in [0.15, 0.2) is 5.13 Å². The van der Waals surface area contributed by atoms with Crippen molar-refractivity contribution in [3.8, 4) is 11.6 Å². The minimum absolute atomic E-state index is 0.567. The van der Waals surface area contributed by atoms with Gasteiger partial charge in [0, 0.05) is 19.2 Å². The average molecular weight is 246 g/mol. The molecule has 2 N–H and O–H groups in total. The van der Waals surface area contributed by atoms with Crippen LogP contribution in [0.1, 0.15) is 0 Å². The molecule has 6 heteroatoms. The normalized spacial score (nSPS) is 10.9. The molecule has 0 aliphatic carbocycles. The number of aryl methyl sites for hydroxylation is 1. The van der Waals surface area contributed by atoms with Crippen LogP contribution in [0.25, 0.3) is 10.2 Å². The number of anilines is 1. The van der Waals surface area contributed by atoms with Gasteiger partial charge in [0.1, 0.15) is 5.75 Å². The molecule has 2 heterocycles. The summed E-state index contributed by atoms with van der Waals surface area (Å²) < 4.78 is 8.39. The van der Waals surface area contributed by atoms with Crippen molar-refractivity contribution in [2.75, 3.05) is 5.73 Å². The lowest BCUT2D eigenvalue weighted by Gasteiger charge is -2.04. The first-order valence-corrected chi connectivity index (χ1v) is 5.86. The number of fused-ring (bicyclic) bond motifs is 1. The van der Waals surface area contributed by atoms with Crippen LogP contribution < -0.4 is 10.5 Å². The van der Waals surface area contributed by atoms with E-state index in [-0.39, 0.29) is 0 Å². The maximum atomic E-state index is 5.71. The van der Waals surface area contributed by atoms with E-state index in [0.29, 0.717) is 11.0 Å². The van der Waals surface area contributed by atoms with Gasteiger partial charge < -0.3 is 10.5 Å². The lowest BCUT2D eigenvalue weighted by atomic mass is 10.3. The molecule has 0 radical (unpaired) electrons. The zero-order valence-electron chi connectivity index (χ0n) is 9.12.